The number of alkyl halides is 3. The van der Waals surface area contributed by atoms with Crippen molar-refractivity contribution in [3.8, 4) is 17.0 Å². The van der Waals surface area contributed by atoms with Crippen LogP contribution in [0.15, 0.2) is 31.0 Å². The molecule has 2 heterocycles. The lowest BCUT2D eigenvalue weighted by molar-refractivity contribution is -0.137. The summed E-state index contributed by atoms with van der Waals surface area (Å²) in [7, 11) is 1.39. The third-order valence-corrected chi connectivity index (χ3v) is 5.79. The minimum absolute atomic E-state index is 0.0162. The molecule has 170 valence electrons. The number of aromatic nitrogens is 3. The van der Waals surface area contributed by atoms with Crippen molar-refractivity contribution in [1.29, 1.82) is 0 Å². The molecule has 1 fully saturated rings. The van der Waals surface area contributed by atoms with Crippen LogP contribution in [-0.2, 0) is 10.9 Å². The van der Waals surface area contributed by atoms with E-state index in [0.29, 0.717) is 35.3 Å². The van der Waals surface area contributed by atoms with Gasteiger partial charge in [-0.2, -0.15) is 13.2 Å². The van der Waals surface area contributed by atoms with Crippen molar-refractivity contribution in [3.63, 3.8) is 0 Å². The van der Waals surface area contributed by atoms with Crippen molar-refractivity contribution in [1.82, 2.24) is 14.8 Å². The Morgan fingerprint density at radius 3 is 2.59 bits per heavy atom. The average Bonchev–Trinajstić information content (AvgIpc) is 3.07. The van der Waals surface area contributed by atoms with E-state index < -0.39 is 17.3 Å². The van der Waals surface area contributed by atoms with E-state index in [2.05, 4.69) is 16.8 Å². The molecule has 6 nitrogen and oxygen atoms in total. The predicted octanol–water partition coefficient (Wildman–Crippen LogP) is 5.14. The fourth-order valence-electron chi connectivity index (χ4n) is 4.27. The Labute approximate surface area is 183 Å². The van der Waals surface area contributed by atoms with Gasteiger partial charge in [-0.3, -0.25) is 0 Å². The summed E-state index contributed by atoms with van der Waals surface area (Å²) in [5.74, 6) is 0.0162. The molecule has 1 aliphatic carbocycles. The number of benzene rings is 1. The number of halogens is 3. The highest BCUT2D eigenvalue weighted by molar-refractivity contribution is 5.90. The van der Waals surface area contributed by atoms with Crippen LogP contribution in [0.25, 0.3) is 28.4 Å². The monoisotopic (exact) mass is 447 g/mol. The zero-order valence-corrected chi connectivity index (χ0v) is 18.0. The number of hydrogen-bond donors (Lipinski definition) is 1. The highest BCUT2D eigenvalue weighted by atomic mass is 19.4. The lowest BCUT2D eigenvalue weighted by Gasteiger charge is -2.41. The molecule has 1 saturated carbocycles. The highest BCUT2D eigenvalue weighted by Gasteiger charge is 2.40. The molecule has 0 saturated heterocycles. The van der Waals surface area contributed by atoms with E-state index in [1.807, 2.05) is 10.8 Å². The normalized spacial score (nSPS) is 20.9. The van der Waals surface area contributed by atoms with Gasteiger partial charge in [-0.25, -0.2) is 0 Å². The number of aryl methyl sites for hydroxylation is 1. The third kappa shape index (κ3) is 3.98. The number of methoxy groups -OCH3 is 1. The molecule has 1 N–H and O–H groups in total. The predicted molar refractivity (Wildman–Crippen MR) is 114 cm³/mol. The molecule has 0 unspecified atom stereocenters. The van der Waals surface area contributed by atoms with Crippen LogP contribution in [0.3, 0.4) is 0 Å². The standard InChI is InChI=1S/C23H24F3N3O3/c1-5-14-11-29(16-9-22(3,30)10-16)21-17(14)8-18(27-28-21)20-13(2)6-15(23(24,25)26)7-19(20)32-12-31-4/h5-8,11,16,30H,1,9-10,12H2,2-4H3. The van der Waals surface area contributed by atoms with Crippen LogP contribution in [0.4, 0.5) is 13.2 Å². The molecule has 4 rings (SSSR count). The first-order valence-electron chi connectivity index (χ1n) is 10.1. The zero-order valence-electron chi connectivity index (χ0n) is 18.0. The van der Waals surface area contributed by atoms with Crippen molar-refractivity contribution in [2.24, 2.45) is 0 Å². The van der Waals surface area contributed by atoms with Gasteiger partial charge in [0.1, 0.15) is 5.75 Å². The molecule has 0 radical (unpaired) electrons. The smallest absolute Gasteiger partial charge is 0.416 e. The molecule has 3 aromatic rings. The number of rotatable bonds is 6. The van der Waals surface area contributed by atoms with Gasteiger partial charge in [0.2, 0.25) is 0 Å². The van der Waals surface area contributed by atoms with Gasteiger partial charge in [-0.1, -0.05) is 12.7 Å². The molecule has 9 heteroatoms. The van der Waals surface area contributed by atoms with Crippen LogP contribution >= 0.6 is 0 Å². The molecule has 0 aliphatic heterocycles. The van der Waals surface area contributed by atoms with Crippen LogP contribution in [0.1, 0.15) is 42.5 Å². The van der Waals surface area contributed by atoms with Gasteiger partial charge < -0.3 is 19.1 Å². The lowest BCUT2D eigenvalue weighted by atomic mass is 9.77. The van der Waals surface area contributed by atoms with Crippen LogP contribution in [0.2, 0.25) is 0 Å². The quantitative estimate of drug-likeness (QED) is 0.530. The van der Waals surface area contributed by atoms with E-state index in [1.165, 1.54) is 7.11 Å². The third-order valence-electron chi connectivity index (χ3n) is 5.79. The van der Waals surface area contributed by atoms with E-state index in [9.17, 15) is 18.3 Å². The van der Waals surface area contributed by atoms with Crippen LogP contribution in [0.5, 0.6) is 5.75 Å². The second kappa shape index (κ2) is 7.90. The Hall–Kier alpha value is -2.91. The lowest BCUT2D eigenvalue weighted by Crippen LogP contribution is -2.41. The van der Waals surface area contributed by atoms with Crippen molar-refractivity contribution in [3.05, 3.63) is 47.7 Å². The average molecular weight is 447 g/mol. The first-order valence-corrected chi connectivity index (χ1v) is 10.1. The number of ether oxygens (including phenoxy) is 2. The van der Waals surface area contributed by atoms with Gasteiger partial charge in [0, 0.05) is 35.9 Å². The summed E-state index contributed by atoms with van der Waals surface area (Å²) in [6.07, 6.45) is 0.302. The Bertz CT molecular complexity index is 1180. The SMILES string of the molecule is C=Cc1cn(C2CC(C)(O)C2)c2nnc(-c3c(C)cc(C(F)(F)F)cc3OCOC)cc12. The van der Waals surface area contributed by atoms with Crippen molar-refractivity contribution >= 4 is 17.1 Å². The minimum atomic E-state index is -4.51. The first kappa shape index (κ1) is 22.3. The molecule has 2 aromatic heterocycles. The van der Waals surface area contributed by atoms with E-state index >= 15 is 0 Å². The molecule has 0 bridgehead atoms. The van der Waals surface area contributed by atoms with Crippen molar-refractivity contribution < 1.29 is 27.8 Å². The van der Waals surface area contributed by atoms with E-state index in [4.69, 9.17) is 9.47 Å². The Morgan fingerprint density at radius 1 is 1.28 bits per heavy atom. The van der Waals surface area contributed by atoms with Gasteiger partial charge in [0.05, 0.1) is 16.9 Å². The second-order valence-electron chi connectivity index (χ2n) is 8.44. The molecule has 0 atom stereocenters. The number of fused-ring (bicyclic) bond motifs is 1. The fraction of sp³-hybridized carbons (Fsp3) is 0.391. The molecule has 1 aromatic carbocycles. The maximum Gasteiger partial charge on any atom is 0.416 e. The maximum atomic E-state index is 13.3. The molecule has 32 heavy (non-hydrogen) atoms. The second-order valence-corrected chi connectivity index (χ2v) is 8.44. The van der Waals surface area contributed by atoms with E-state index in [0.717, 1.165) is 23.1 Å². The topological polar surface area (TPSA) is 69.4 Å². The molecular formula is C23H24F3N3O3. The largest absolute Gasteiger partial charge is 0.467 e. The maximum absolute atomic E-state index is 13.3. The zero-order chi connectivity index (χ0) is 23.3. The summed E-state index contributed by atoms with van der Waals surface area (Å²) in [5, 5.41) is 19.6. The molecule has 0 spiro atoms. The Morgan fingerprint density at radius 2 is 2.00 bits per heavy atom. The van der Waals surface area contributed by atoms with Gasteiger partial charge in [0.25, 0.3) is 0 Å². The number of hydrogen-bond acceptors (Lipinski definition) is 5. The number of nitrogens with zero attached hydrogens (tertiary/aromatic N) is 3. The summed E-state index contributed by atoms with van der Waals surface area (Å²) < 4.78 is 52.4. The fourth-order valence-corrected chi connectivity index (χ4v) is 4.27. The van der Waals surface area contributed by atoms with Gasteiger partial charge in [-0.15, -0.1) is 10.2 Å². The minimum Gasteiger partial charge on any atom is -0.467 e. The van der Waals surface area contributed by atoms with Crippen LogP contribution in [-0.4, -0.2) is 39.4 Å². The highest BCUT2D eigenvalue weighted by Crippen LogP contribution is 2.44. The molecule has 1 aliphatic rings. The van der Waals surface area contributed by atoms with Gasteiger partial charge in [-0.05, 0) is 50.5 Å². The Kier molecular flexibility index (Phi) is 5.50. The first-order chi connectivity index (χ1) is 15.0. The van der Waals surface area contributed by atoms with Crippen LogP contribution in [0, 0.1) is 6.92 Å². The summed E-state index contributed by atoms with van der Waals surface area (Å²) in [6, 6.07) is 3.89. The summed E-state index contributed by atoms with van der Waals surface area (Å²) in [4.78, 5) is 0. The number of aliphatic hydroxyl groups is 1. The van der Waals surface area contributed by atoms with E-state index in [1.54, 1.807) is 26.0 Å². The molecule has 0 amide bonds. The molecular weight excluding hydrogens is 423 g/mol. The van der Waals surface area contributed by atoms with Crippen LogP contribution < -0.4 is 4.74 Å². The van der Waals surface area contributed by atoms with Gasteiger partial charge in [0.15, 0.2) is 12.4 Å². The summed E-state index contributed by atoms with van der Waals surface area (Å²) >= 11 is 0. The van der Waals surface area contributed by atoms with E-state index in [-0.39, 0.29) is 18.6 Å². The summed E-state index contributed by atoms with van der Waals surface area (Å²) in [5.41, 5.74) is 1.10. The van der Waals surface area contributed by atoms with Gasteiger partial charge >= 0.3 is 6.18 Å². The summed E-state index contributed by atoms with van der Waals surface area (Å²) in [6.45, 7) is 7.03. The van der Waals surface area contributed by atoms with Crippen molar-refractivity contribution in [2.75, 3.05) is 13.9 Å². The Balaban J connectivity index is 1.84. The van der Waals surface area contributed by atoms with Crippen molar-refractivity contribution in [2.45, 2.75) is 44.5 Å².